The van der Waals surface area contributed by atoms with Gasteiger partial charge in [-0.15, -0.1) is 0 Å². The molecule has 1 aliphatic carbocycles. The standard InChI is InChI=1S/C23H24Cl2N2O2/c1-2-3-9-19(24)20(25)14-18-21(26-23(29)27-22(18)28)17-12-10-16(11-13-17)15-7-5-4-6-8-15/h2-9,16-17H,1,10-14H2,(H2,26,27,28,29)/b9-3-,20-19+/t16-,17-. The SMILES string of the molecule is C=C/C=C\C(Cl)=C(/Cl)Cc1c(=O)[nH]c(=O)[nH]c1[C@H]1CC[C@H](c2ccccc2)CC1. The fourth-order valence-electron chi connectivity index (χ4n) is 3.98. The van der Waals surface area contributed by atoms with Crippen LogP contribution in [-0.4, -0.2) is 9.97 Å². The minimum absolute atomic E-state index is 0.118. The summed E-state index contributed by atoms with van der Waals surface area (Å²) < 4.78 is 0. The molecular formula is C23H24Cl2N2O2. The maximum absolute atomic E-state index is 12.5. The summed E-state index contributed by atoms with van der Waals surface area (Å²) in [6.07, 6.45) is 8.88. The molecular weight excluding hydrogens is 407 g/mol. The van der Waals surface area contributed by atoms with E-state index >= 15 is 0 Å². The van der Waals surface area contributed by atoms with E-state index in [0.29, 0.717) is 27.2 Å². The Labute approximate surface area is 180 Å². The zero-order chi connectivity index (χ0) is 20.8. The van der Waals surface area contributed by atoms with Crippen molar-refractivity contribution in [3.8, 4) is 0 Å². The lowest BCUT2D eigenvalue weighted by Crippen LogP contribution is -2.30. The number of nitrogens with one attached hydrogen (secondary N) is 2. The summed E-state index contributed by atoms with van der Waals surface area (Å²) in [5, 5.41) is 0.692. The largest absolute Gasteiger partial charge is 0.325 e. The molecule has 0 atom stereocenters. The highest BCUT2D eigenvalue weighted by molar-refractivity contribution is 6.40. The number of rotatable bonds is 6. The van der Waals surface area contributed by atoms with Gasteiger partial charge in [-0.25, -0.2) is 4.79 Å². The fourth-order valence-corrected chi connectivity index (χ4v) is 4.31. The van der Waals surface area contributed by atoms with Crippen LogP contribution in [-0.2, 0) is 6.42 Å². The summed E-state index contributed by atoms with van der Waals surface area (Å²) in [6.45, 7) is 3.60. The number of H-pyrrole nitrogens is 2. The van der Waals surface area contributed by atoms with Gasteiger partial charge in [0.25, 0.3) is 5.56 Å². The van der Waals surface area contributed by atoms with Gasteiger partial charge in [-0.05, 0) is 49.2 Å². The number of halogens is 2. The molecule has 6 heteroatoms. The number of hydrogen-bond donors (Lipinski definition) is 2. The molecule has 0 amide bonds. The molecule has 1 heterocycles. The number of hydrogen-bond acceptors (Lipinski definition) is 2. The quantitative estimate of drug-likeness (QED) is 0.595. The van der Waals surface area contributed by atoms with Crippen molar-refractivity contribution in [1.82, 2.24) is 9.97 Å². The number of aromatic nitrogens is 2. The van der Waals surface area contributed by atoms with E-state index in [-0.39, 0.29) is 12.3 Å². The predicted octanol–water partition coefficient (Wildman–Crippen LogP) is 5.48. The van der Waals surface area contributed by atoms with Crippen LogP contribution in [0.4, 0.5) is 0 Å². The average molecular weight is 431 g/mol. The van der Waals surface area contributed by atoms with Crippen LogP contribution in [0.5, 0.6) is 0 Å². The Morgan fingerprint density at radius 3 is 2.34 bits per heavy atom. The van der Waals surface area contributed by atoms with Gasteiger partial charge in [0.05, 0.1) is 5.03 Å². The van der Waals surface area contributed by atoms with E-state index in [0.717, 1.165) is 25.7 Å². The van der Waals surface area contributed by atoms with Crippen molar-refractivity contribution in [3.63, 3.8) is 0 Å². The number of benzene rings is 1. The van der Waals surface area contributed by atoms with Crippen LogP contribution in [0.25, 0.3) is 0 Å². The first kappa shape index (κ1) is 21.4. The van der Waals surface area contributed by atoms with Crippen LogP contribution in [0.2, 0.25) is 0 Å². The lowest BCUT2D eigenvalue weighted by Gasteiger charge is -2.29. The highest BCUT2D eigenvalue weighted by atomic mass is 35.5. The molecule has 29 heavy (non-hydrogen) atoms. The summed E-state index contributed by atoms with van der Waals surface area (Å²) >= 11 is 12.5. The van der Waals surface area contributed by atoms with Crippen LogP contribution in [0, 0.1) is 0 Å². The Morgan fingerprint density at radius 1 is 1.03 bits per heavy atom. The van der Waals surface area contributed by atoms with Crippen LogP contribution < -0.4 is 11.2 Å². The Hall–Kier alpha value is -2.30. The molecule has 2 aromatic rings. The second-order valence-electron chi connectivity index (χ2n) is 7.28. The average Bonchev–Trinajstić information content (AvgIpc) is 2.74. The molecule has 152 valence electrons. The molecule has 0 bridgehead atoms. The van der Waals surface area contributed by atoms with Gasteiger partial charge in [-0.3, -0.25) is 9.78 Å². The molecule has 0 spiro atoms. The monoisotopic (exact) mass is 430 g/mol. The molecule has 1 aliphatic rings. The number of allylic oxidation sites excluding steroid dienone is 5. The van der Waals surface area contributed by atoms with E-state index in [2.05, 4.69) is 40.8 Å². The third-order valence-electron chi connectivity index (χ3n) is 5.45. The van der Waals surface area contributed by atoms with Gasteiger partial charge in [0.1, 0.15) is 0 Å². The first-order chi connectivity index (χ1) is 14.0. The van der Waals surface area contributed by atoms with Gasteiger partial charge in [-0.2, -0.15) is 0 Å². The highest BCUT2D eigenvalue weighted by Gasteiger charge is 2.27. The van der Waals surface area contributed by atoms with E-state index < -0.39 is 11.2 Å². The molecule has 1 aromatic carbocycles. The molecule has 1 aromatic heterocycles. The minimum Gasteiger partial charge on any atom is -0.311 e. The van der Waals surface area contributed by atoms with Crippen LogP contribution in [0.1, 0.15) is 54.3 Å². The Balaban J connectivity index is 1.85. The lowest BCUT2D eigenvalue weighted by molar-refractivity contribution is 0.388. The van der Waals surface area contributed by atoms with Gasteiger partial charge in [0.15, 0.2) is 0 Å². The van der Waals surface area contributed by atoms with E-state index in [1.165, 1.54) is 5.56 Å². The third-order valence-corrected chi connectivity index (χ3v) is 6.24. The zero-order valence-corrected chi connectivity index (χ0v) is 17.6. The molecule has 0 radical (unpaired) electrons. The Morgan fingerprint density at radius 2 is 1.69 bits per heavy atom. The zero-order valence-electron chi connectivity index (χ0n) is 16.1. The summed E-state index contributed by atoms with van der Waals surface area (Å²) in [4.78, 5) is 29.6. The first-order valence-corrected chi connectivity index (χ1v) is 10.5. The fraction of sp³-hybridized carbons (Fsp3) is 0.304. The highest BCUT2D eigenvalue weighted by Crippen LogP contribution is 2.40. The molecule has 1 fully saturated rings. The van der Waals surface area contributed by atoms with Crippen LogP contribution in [0.15, 0.2) is 74.8 Å². The number of aromatic amines is 2. The van der Waals surface area contributed by atoms with Gasteiger partial charge < -0.3 is 4.98 Å². The topological polar surface area (TPSA) is 65.7 Å². The molecule has 3 rings (SSSR count). The summed E-state index contributed by atoms with van der Waals surface area (Å²) in [5.74, 6) is 0.624. The summed E-state index contributed by atoms with van der Waals surface area (Å²) in [7, 11) is 0. The van der Waals surface area contributed by atoms with Crippen molar-refractivity contribution in [2.45, 2.75) is 43.9 Å². The lowest BCUT2D eigenvalue weighted by atomic mass is 9.76. The van der Waals surface area contributed by atoms with Crippen LogP contribution in [0.3, 0.4) is 0 Å². The van der Waals surface area contributed by atoms with Gasteiger partial charge >= 0.3 is 5.69 Å². The summed E-state index contributed by atoms with van der Waals surface area (Å²) in [5.41, 5.74) is 1.60. The normalized spacial score (nSPS) is 20.5. The molecule has 0 saturated heterocycles. The predicted molar refractivity (Wildman–Crippen MR) is 120 cm³/mol. The second-order valence-corrected chi connectivity index (χ2v) is 8.15. The van der Waals surface area contributed by atoms with Crippen molar-refractivity contribution >= 4 is 23.2 Å². The van der Waals surface area contributed by atoms with E-state index in [1.807, 2.05) is 6.07 Å². The molecule has 4 nitrogen and oxygen atoms in total. The second kappa shape index (κ2) is 9.95. The van der Waals surface area contributed by atoms with E-state index in [9.17, 15) is 9.59 Å². The molecule has 1 saturated carbocycles. The van der Waals surface area contributed by atoms with E-state index in [4.69, 9.17) is 23.2 Å². The van der Waals surface area contributed by atoms with Gasteiger partial charge in [-0.1, -0.05) is 72.3 Å². The molecule has 0 aliphatic heterocycles. The Kier molecular flexibility index (Phi) is 7.34. The van der Waals surface area contributed by atoms with Gasteiger partial charge in [0.2, 0.25) is 0 Å². The van der Waals surface area contributed by atoms with Crippen molar-refractivity contribution in [1.29, 1.82) is 0 Å². The first-order valence-electron chi connectivity index (χ1n) is 9.73. The van der Waals surface area contributed by atoms with E-state index in [1.54, 1.807) is 18.2 Å². The maximum atomic E-state index is 12.5. The minimum atomic E-state index is -0.489. The van der Waals surface area contributed by atoms with Crippen molar-refractivity contribution < 1.29 is 0 Å². The van der Waals surface area contributed by atoms with Crippen molar-refractivity contribution in [2.24, 2.45) is 0 Å². The molecule has 2 N–H and O–H groups in total. The Bertz CT molecular complexity index is 1030. The van der Waals surface area contributed by atoms with Crippen molar-refractivity contribution in [3.05, 3.63) is 103 Å². The third kappa shape index (κ3) is 5.40. The van der Waals surface area contributed by atoms with Crippen LogP contribution >= 0.6 is 23.2 Å². The van der Waals surface area contributed by atoms with Crippen molar-refractivity contribution in [2.75, 3.05) is 0 Å². The van der Waals surface area contributed by atoms with Gasteiger partial charge in [0, 0.05) is 22.7 Å². The summed E-state index contributed by atoms with van der Waals surface area (Å²) in [6, 6.07) is 10.5. The molecule has 0 unspecified atom stereocenters. The maximum Gasteiger partial charge on any atom is 0.325 e. The smallest absolute Gasteiger partial charge is 0.311 e.